The highest BCUT2D eigenvalue weighted by molar-refractivity contribution is 7.26. The molecule has 0 spiro atoms. The number of rotatable bonds is 9. The van der Waals surface area contributed by atoms with E-state index in [4.69, 9.17) is 0 Å². The van der Waals surface area contributed by atoms with E-state index >= 15 is 0 Å². The minimum atomic E-state index is 1.13. The molecule has 8 aromatic rings. The molecule has 0 N–H and O–H groups in total. The fourth-order valence-corrected chi connectivity index (χ4v) is 8.18. The molecular formula is C44H32N2S2. The molecule has 0 bridgehead atoms. The average Bonchev–Trinajstić information content (AvgIpc) is 3.85. The molecule has 6 aromatic carbocycles. The van der Waals surface area contributed by atoms with Gasteiger partial charge in [-0.1, -0.05) is 121 Å². The molecule has 2 nitrogen and oxygen atoms in total. The lowest BCUT2D eigenvalue weighted by Gasteiger charge is -2.24. The summed E-state index contributed by atoms with van der Waals surface area (Å²) in [6, 6.07) is 69.1. The molecule has 0 aliphatic rings. The summed E-state index contributed by atoms with van der Waals surface area (Å²) in [5.41, 5.74) is 9.41. The molecule has 0 fully saturated rings. The Kier molecular flexibility index (Phi) is 8.41. The second-order valence-electron chi connectivity index (χ2n) is 11.4. The normalized spacial score (nSPS) is 10.9. The number of benzene rings is 6. The third-order valence-electron chi connectivity index (χ3n) is 8.36. The number of anilines is 6. The predicted molar refractivity (Wildman–Crippen MR) is 208 cm³/mol. The van der Waals surface area contributed by atoms with Crippen molar-refractivity contribution in [2.45, 2.75) is 0 Å². The minimum absolute atomic E-state index is 1.13. The second kappa shape index (κ2) is 13.6. The van der Waals surface area contributed by atoms with Crippen LogP contribution < -0.4 is 9.80 Å². The van der Waals surface area contributed by atoms with Gasteiger partial charge in [0.15, 0.2) is 0 Å². The molecule has 4 heteroatoms. The number of para-hydroxylation sites is 2. The van der Waals surface area contributed by atoms with Crippen LogP contribution in [-0.2, 0) is 0 Å². The van der Waals surface area contributed by atoms with Crippen molar-refractivity contribution in [3.63, 3.8) is 0 Å². The Morgan fingerprint density at radius 1 is 0.250 bits per heavy atom. The molecule has 0 saturated heterocycles. The first kappa shape index (κ1) is 29.7. The van der Waals surface area contributed by atoms with E-state index in [1.165, 1.54) is 42.0 Å². The lowest BCUT2D eigenvalue weighted by molar-refractivity contribution is 1.32. The number of thiophene rings is 2. The van der Waals surface area contributed by atoms with Gasteiger partial charge < -0.3 is 9.80 Å². The molecule has 0 saturated carbocycles. The zero-order valence-electron chi connectivity index (χ0n) is 26.2. The van der Waals surface area contributed by atoms with Gasteiger partial charge in [0.05, 0.1) is 0 Å². The van der Waals surface area contributed by atoms with Crippen LogP contribution in [0, 0.1) is 0 Å². The van der Waals surface area contributed by atoms with Crippen LogP contribution >= 0.6 is 22.7 Å². The Labute approximate surface area is 290 Å². The first-order chi connectivity index (χ1) is 23.8. The van der Waals surface area contributed by atoms with Crippen molar-refractivity contribution >= 4 is 55.4 Å². The molecule has 0 radical (unpaired) electrons. The zero-order chi connectivity index (χ0) is 32.1. The molecule has 48 heavy (non-hydrogen) atoms. The molecule has 8 rings (SSSR count). The minimum Gasteiger partial charge on any atom is -0.302 e. The van der Waals surface area contributed by atoms with Crippen LogP contribution in [0.1, 0.15) is 0 Å². The van der Waals surface area contributed by atoms with E-state index in [9.17, 15) is 0 Å². The molecule has 2 heterocycles. The summed E-state index contributed by atoms with van der Waals surface area (Å²) in [6.45, 7) is 0. The van der Waals surface area contributed by atoms with Crippen molar-refractivity contribution in [3.05, 3.63) is 194 Å². The average molecular weight is 653 g/mol. The third-order valence-corrected chi connectivity index (χ3v) is 10.7. The first-order valence-corrected chi connectivity index (χ1v) is 17.6. The van der Waals surface area contributed by atoms with Gasteiger partial charge >= 0.3 is 0 Å². The van der Waals surface area contributed by atoms with Gasteiger partial charge in [0, 0.05) is 32.5 Å². The fourth-order valence-electron chi connectivity index (χ4n) is 5.99. The van der Waals surface area contributed by atoms with E-state index in [1.54, 1.807) is 0 Å². The Morgan fingerprint density at radius 3 is 0.896 bits per heavy atom. The van der Waals surface area contributed by atoms with E-state index in [-0.39, 0.29) is 0 Å². The molecule has 0 aliphatic heterocycles. The Balaban J connectivity index is 1.12. The van der Waals surface area contributed by atoms with Crippen molar-refractivity contribution < 1.29 is 0 Å². The summed E-state index contributed by atoms with van der Waals surface area (Å²) in [7, 11) is 0. The van der Waals surface area contributed by atoms with Crippen molar-refractivity contribution in [2.75, 3.05) is 9.80 Å². The van der Waals surface area contributed by atoms with Gasteiger partial charge in [-0.2, -0.15) is 0 Å². The number of hydrogen-bond donors (Lipinski definition) is 0. The smallest absolute Gasteiger partial charge is 0.101 e. The summed E-state index contributed by atoms with van der Waals surface area (Å²) < 4.78 is 0. The quantitative estimate of drug-likeness (QED) is 0.153. The van der Waals surface area contributed by atoms with Gasteiger partial charge in [0.2, 0.25) is 0 Å². The molecule has 0 amide bonds. The van der Waals surface area contributed by atoms with Crippen LogP contribution in [0.4, 0.5) is 32.8 Å². The van der Waals surface area contributed by atoms with E-state index in [0.717, 1.165) is 22.7 Å². The molecular weight excluding hydrogens is 621 g/mol. The second-order valence-corrected chi connectivity index (χ2v) is 13.6. The lowest BCUT2D eigenvalue weighted by atomic mass is 10.1. The highest BCUT2D eigenvalue weighted by atomic mass is 32.1. The van der Waals surface area contributed by atoms with Crippen LogP contribution in [0.15, 0.2) is 194 Å². The summed E-state index contributed by atoms with van der Waals surface area (Å²) in [5.74, 6) is 0. The molecule has 230 valence electrons. The highest BCUT2D eigenvalue weighted by Gasteiger charge is 2.19. The molecule has 0 unspecified atom stereocenters. The van der Waals surface area contributed by atoms with E-state index in [1.807, 2.05) is 22.7 Å². The van der Waals surface area contributed by atoms with Crippen molar-refractivity contribution in [1.82, 2.24) is 0 Å². The number of nitrogens with zero attached hydrogens (tertiary/aromatic N) is 2. The van der Waals surface area contributed by atoms with Crippen molar-refractivity contribution in [2.24, 2.45) is 0 Å². The maximum atomic E-state index is 2.35. The van der Waals surface area contributed by atoms with Crippen LogP contribution in [0.3, 0.4) is 0 Å². The van der Waals surface area contributed by atoms with E-state index < -0.39 is 0 Å². The summed E-state index contributed by atoms with van der Waals surface area (Å²) in [4.78, 5) is 7.19. The van der Waals surface area contributed by atoms with Gasteiger partial charge in [0.1, 0.15) is 10.0 Å². The van der Waals surface area contributed by atoms with Crippen molar-refractivity contribution in [3.8, 4) is 32.0 Å². The molecule has 0 aliphatic carbocycles. The topological polar surface area (TPSA) is 6.48 Å². The number of hydrogen-bond acceptors (Lipinski definition) is 4. The predicted octanol–water partition coefficient (Wildman–Crippen LogP) is 13.8. The summed E-state index contributed by atoms with van der Waals surface area (Å²) >= 11 is 3.64. The molecule has 2 aromatic heterocycles. The third kappa shape index (κ3) is 6.19. The zero-order valence-corrected chi connectivity index (χ0v) is 27.8. The standard InChI is InChI=1S/C44H32N2S2/c1-5-13-33(14-6-1)35-21-25-39(26-22-35)45(37-17-9-3-10-18-37)43-31-29-41(47-43)42-30-32-44(48-42)46(38-19-11-4-12-20-38)40-27-23-36(24-28-40)34-15-7-2-8-16-34/h1-32H. The van der Waals surface area contributed by atoms with Crippen LogP contribution in [0.25, 0.3) is 32.0 Å². The van der Waals surface area contributed by atoms with E-state index in [2.05, 4.69) is 204 Å². The van der Waals surface area contributed by atoms with Gasteiger partial charge in [-0.15, -0.1) is 22.7 Å². The van der Waals surface area contributed by atoms with Crippen LogP contribution in [-0.4, -0.2) is 0 Å². The van der Waals surface area contributed by atoms with Crippen LogP contribution in [0.5, 0.6) is 0 Å². The summed E-state index contributed by atoms with van der Waals surface area (Å²) in [6.07, 6.45) is 0. The van der Waals surface area contributed by atoms with Crippen molar-refractivity contribution in [1.29, 1.82) is 0 Å². The van der Waals surface area contributed by atoms with Crippen LogP contribution in [0.2, 0.25) is 0 Å². The first-order valence-electron chi connectivity index (χ1n) is 16.0. The highest BCUT2D eigenvalue weighted by Crippen LogP contribution is 2.47. The van der Waals surface area contributed by atoms with Gasteiger partial charge in [-0.25, -0.2) is 0 Å². The van der Waals surface area contributed by atoms with E-state index in [0.29, 0.717) is 0 Å². The van der Waals surface area contributed by atoms with Gasteiger partial charge in [0.25, 0.3) is 0 Å². The van der Waals surface area contributed by atoms with Gasteiger partial charge in [-0.3, -0.25) is 0 Å². The fraction of sp³-hybridized carbons (Fsp3) is 0. The molecule has 0 atom stereocenters. The summed E-state index contributed by atoms with van der Waals surface area (Å²) in [5, 5.41) is 2.35. The lowest BCUT2D eigenvalue weighted by Crippen LogP contribution is -2.08. The Bertz CT molecular complexity index is 2040. The van der Waals surface area contributed by atoms with Gasteiger partial charge in [-0.05, 0) is 95.1 Å². The Morgan fingerprint density at radius 2 is 0.542 bits per heavy atom. The SMILES string of the molecule is c1ccc(-c2ccc(N(c3ccccc3)c3ccc(-c4ccc(N(c5ccccc5)c5ccc(-c6ccccc6)cc5)s4)s3)cc2)cc1. The largest absolute Gasteiger partial charge is 0.302 e. The maximum Gasteiger partial charge on any atom is 0.101 e. The Hall–Kier alpha value is -5.68. The maximum absolute atomic E-state index is 2.35. The monoisotopic (exact) mass is 652 g/mol.